The van der Waals surface area contributed by atoms with Gasteiger partial charge in [-0.3, -0.25) is 4.79 Å². The van der Waals surface area contributed by atoms with Gasteiger partial charge in [0.2, 0.25) is 0 Å². The largest absolute Gasteiger partial charge is 0.469 e. The molecule has 0 aromatic heterocycles. The third kappa shape index (κ3) is 10.5. The van der Waals surface area contributed by atoms with E-state index in [1.807, 2.05) is 0 Å². The Balaban J connectivity index is 3.15. The van der Waals surface area contributed by atoms with E-state index in [-0.39, 0.29) is 28.3 Å². The molecule has 0 aromatic carbocycles. The van der Waals surface area contributed by atoms with Gasteiger partial charge in [0.15, 0.2) is 16.6 Å². The average molecular weight is 557 g/mol. The SMILES string of the molecule is C=CC(O)CC[C@H]1C(O[Si](C)(C)C(C)(C)C)CC(O[Si](C)(C)C(C)(C)C)[C@@H]1CCCCCCC(=O)OC. The van der Waals surface area contributed by atoms with E-state index in [9.17, 15) is 9.90 Å². The first kappa shape index (κ1) is 34.6. The van der Waals surface area contributed by atoms with Gasteiger partial charge in [-0.25, -0.2) is 0 Å². The van der Waals surface area contributed by atoms with Gasteiger partial charge < -0.3 is 18.7 Å². The monoisotopic (exact) mass is 556 g/mol. The number of carbonyl (C=O) groups excluding carboxylic acids is 1. The van der Waals surface area contributed by atoms with E-state index in [0.717, 1.165) is 44.9 Å². The fraction of sp³-hybridized carbons (Fsp3) is 0.900. The van der Waals surface area contributed by atoms with E-state index in [1.54, 1.807) is 6.08 Å². The van der Waals surface area contributed by atoms with Gasteiger partial charge in [-0.05, 0) is 80.2 Å². The first-order valence-corrected chi connectivity index (χ1v) is 20.4. The van der Waals surface area contributed by atoms with Crippen LogP contribution in [0, 0.1) is 11.8 Å². The van der Waals surface area contributed by atoms with Crippen LogP contribution in [-0.2, 0) is 18.4 Å². The van der Waals surface area contributed by atoms with E-state index in [0.29, 0.717) is 24.7 Å². The lowest BCUT2D eigenvalue weighted by molar-refractivity contribution is -0.140. The van der Waals surface area contributed by atoms with Crippen molar-refractivity contribution in [3.05, 3.63) is 12.7 Å². The molecule has 7 heteroatoms. The maximum atomic E-state index is 11.5. The smallest absolute Gasteiger partial charge is 0.305 e. The van der Waals surface area contributed by atoms with Crippen LogP contribution < -0.4 is 0 Å². The van der Waals surface area contributed by atoms with Gasteiger partial charge in [0.1, 0.15) is 0 Å². The molecule has 0 amide bonds. The van der Waals surface area contributed by atoms with Crippen LogP contribution in [0.3, 0.4) is 0 Å². The van der Waals surface area contributed by atoms with Crippen molar-refractivity contribution in [3.8, 4) is 0 Å². The lowest BCUT2D eigenvalue weighted by Crippen LogP contribution is -2.45. The van der Waals surface area contributed by atoms with Crippen LogP contribution in [0.2, 0.25) is 36.3 Å². The molecular weight excluding hydrogens is 496 g/mol. The highest BCUT2D eigenvalue weighted by Gasteiger charge is 2.50. The normalized spacial score (nSPS) is 24.2. The minimum absolute atomic E-state index is 0.120. The molecule has 218 valence electrons. The molecule has 1 aliphatic rings. The highest BCUT2D eigenvalue weighted by atomic mass is 28.4. The van der Waals surface area contributed by atoms with E-state index < -0.39 is 22.7 Å². The Bertz CT molecular complexity index is 708. The molecule has 0 aliphatic heterocycles. The Morgan fingerprint density at radius 2 is 1.35 bits per heavy atom. The van der Waals surface area contributed by atoms with Crippen molar-refractivity contribution in [1.82, 2.24) is 0 Å². The summed E-state index contributed by atoms with van der Waals surface area (Å²) >= 11 is 0. The standard InChI is InChI=1S/C30H60O5Si2/c1-13-23(31)20-21-25-24(18-16-14-15-17-19-28(32)33-8)26(34-36(9,10)29(2,3)4)22-27(25)35-37(11,12)30(5,6)7/h13,23-27,31H,1,14-22H2,2-12H3/t23?,24-,25-,26?,27?/m1/s1. The summed E-state index contributed by atoms with van der Waals surface area (Å²) in [5, 5.41) is 10.6. The fourth-order valence-corrected chi connectivity index (χ4v) is 7.66. The average Bonchev–Trinajstić information content (AvgIpc) is 3.06. The van der Waals surface area contributed by atoms with E-state index >= 15 is 0 Å². The molecule has 0 spiro atoms. The Morgan fingerprint density at radius 1 is 0.892 bits per heavy atom. The van der Waals surface area contributed by atoms with Crippen LogP contribution in [0.1, 0.15) is 99.3 Å². The molecule has 0 saturated heterocycles. The molecule has 5 atom stereocenters. The van der Waals surface area contributed by atoms with Crippen LogP contribution in [-0.4, -0.2) is 53.1 Å². The minimum Gasteiger partial charge on any atom is -0.469 e. The number of unbranched alkanes of at least 4 members (excludes halogenated alkanes) is 3. The van der Waals surface area contributed by atoms with Crippen LogP contribution in [0.5, 0.6) is 0 Å². The number of esters is 1. The maximum absolute atomic E-state index is 11.5. The second kappa shape index (κ2) is 14.2. The maximum Gasteiger partial charge on any atom is 0.305 e. The van der Waals surface area contributed by atoms with Gasteiger partial charge in [0, 0.05) is 6.42 Å². The molecule has 0 radical (unpaired) electrons. The summed E-state index contributed by atoms with van der Waals surface area (Å²) in [5.74, 6) is 0.667. The van der Waals surface area contributed by atoms with Crippen molar-refractivity contribution in [1.29, 1.82) is 0 Å². The highest BCUT2D eigenvalue weighted by molar-refractivity contribution is 6.74. The molecule has 0 bridgehead atoms. The number of hydrogen-bond donors (Lipinski definition) is 1. The number of methoxy groups -OCH3 is 1. The fourth-order valence-electron chi connectivity index (χ4n) is 4.90. The number of aliphatic hydroxyl groups is 1. The predicted octanol–water partition coefficient (Wildman–Crippen LogP) is 8.24. The van der Waals surface area contributed by atoms with Gasteiger partial charge in [0.05, 0.1) is 25.4 Å². The molecule has 37 heavy (non-hydrogen) atoms. The zero-order valence-corrected chi connectivity index (χ0v) is 28.1. The van der Waals surface area contributed by atoms with Crippen molar-refractivity contribution < 1.29 is 23.5 Å². The zero-order chi connectivity index (χ0) is 28.7. The van der Waals surface area contributed by atoms with Gasteiger partial charge in [-0.15, -0.1) is 6.58 Å². The number of hydrogen-bond acceptors (Lipinski definition) is 5. The van der Waals surface area contributed by atoms with E-state index in [2.05, 4.69) is 74.3 Å². The van der Waals surface area contributed by atoms with Crippen molar-refractivity contribution >= 4 is 22.6 Å². The molecular formula is C30H60O5Si2. The number of aliphatic hydroxyl groups excluding tert-OH is 1. The Morgan fingerprint density at radius 3 is 1.78 bits per heavy atom. The van der Waals surface area contributed by atoms with Crippen LogP contribution >= 0.6 is 0 Å². The Kier molecular flexibility index (Phi) is 13.3. The minimum atomic E-state index is -1.96. The summed E-state index contributed by atoms with van der Waals surface area (Å²) in [4.78, 5) is 11.5. The summed E-state index contributed by atoms with van der Waals surface area (Å²) in [6.07, 6.45) is 9.87. The predicted molar refractivity (Wildman–Crippen MR) is 161 cm³/mol. The summed E-state index contributed by atoms with van der Waals surface area (Å²) in [6, 6.07) is 0. The third-order valence-corrected chi connectivity index (χ3v) is 18.4. The van der Waals surface area contributed by atoms with Crippen molar-refractivity contribution in [2.45, 2.75) is 154 Å². The first-order valence-electron chi connectivity index (χ1n) is 14.6. The molecule has 3 unspecified atom stereocenters. The van der Waals surface area contributed by atoms with Crippen LogP contribution in [0.4, 0.5) is 0 Å². The quantitative estimate of drug-likeness (QED) is 0.0952. The molecule has 0 heterocycles. The van der Waals surface area contributed by atoms with Gasteiger partial charge in [0.25, 0.3) is 0 Å². The van der Waals surface area contributed by atoms with Gasteiger partial charge in [-0.2, -0.15) is 0 Å². The molecule has 1 N–H and O–H groups in total. The third-order valence-electron chi connectivity index (χ3n) is 9.44. The van der Waals surface area contributed by atoms with Crippen LogP contribution in [0.15, 0.2) is 12.7 Å². The van der Waals surface area contributed by atoms with Crippen molar-refractivity contribution in [2.24, 2.45) is 11.8 Å². The summed E-state index contributed by atoms with van der Waals surface area (Å²) in [5.41, 5.74) is 0. The van der Waals surface area contributed by atoms with Gasteiger partial charge in [-0.1, -0.05) is 66.9 Å². The number of carbonyl (C=O) groups is 1. The molecule has 1 aliphatic carbocycles. The Hall–Kier alpha value is -0.476. The van der Waals surface area contributed by atoms with Crippen molar-refractivity contribution in [3.63, 3.8) is 0 Å². The summed E-state index contributed by atoms with van der Waals surface area (Å²) in [6.45, 7) is 27.1. The van der Waals surface area contributed by atoms with Crippen molar-refractivity contribution in [2.75, 3.05) is 7.11 Å². The Labute approximate surface area is 231 Å². The number of rotatable bonds is 15. The summed E-state index contributed by atoms with van der Waals surface area (Å²) < 4.78 is 19.0. The first-order chi connectivity index (χ1) is 16.9. The van der Waals surface area contributed by atoms with E-state index in [4.69, 9.17) is 13.6 Å². The second-order valence-corrected chi connectivity index (χ2v) is 23.8. The molecule has 0 aromatic rings. The van der Waals surface area contributed by atoms with E-state index in [1.165, 1.54) is 7.11 Å². The number of ether oxygens (including phenoxy) is 1. The second-order valence-electron chi connectivity index (χ2n) is 14.3. The molecule has 1 rings (SSSR count). The lowest BCUT2D eigenvalue weighted by Gasteiger charge is -2.40. The highest BCUT2D eigenvalue weighted by Crippen LogP contribution is 2.49. The molecule has 1 fully saturated rings. The molecule has 1 saturated carbocycles. The topological polar surface area (TPSA) is 65.0 Å². The van der Waals surface area contributed by atoms with Gasteiger partial charge >= 0.3 is 5.97 Å². The summed E-state index contributed by atoms with van der Waals surface area (Å²) in [7, 11) is -2.47. The lowest BCUT2D eigenvalue weighted by atomic mass is 9.85. The van der Waals surface area contributed by atoms with Crippen LogP contribution in [0.25, 0.3) is 0 Å². The molecule has 5 nitrogen and oxygen atoms in total. The zero-order valence-electron chi connectivity index (χ0n) is 26.1.